The number of rotatable bonds is 8. The molecule has 2 N–H and O–H groups in total. The van der Waals surface area contributed by atoms with Gasteiger partial charge in [0, 0.05) is 27.1 Å². The van der Waals surface area contributed by atoms with Crippen molar-refractivity contribution >= 4 is 29.9 Å². The number of hydrogen-bond acceptors (Lipinski definition) is 5. The maximum absolute atomic E-state index is 12.9. The summed E-state index contributed by atoms with van der Waals surface area (Å²) >= 11 is 0. The van der Waals surface area contributed by atoms with Crippen LogP contribution in [0.2, 0.25) is 0 Å². The lowest BCUT2D eigenvalue weighted by atomic mass is 10.3. The number of H-pyrrole nitrogens is 1. The molecule has 0 aliphatic carbocycles. The summed E-state index contributed by atoms with van der Waals surface area (Å²) in [7, 11) is 3.65. The van der Waals surface area contributed by atoms with Crippen LogP contribution < -0.4 is 10.1 Å². The first kappa shape index (κ1) is 22.7. The Kier molecular flexibility index (Phi) is 8.90. The van der Waals surface area contributed by atoms with Gasteiger partial charge in [-0.1, -0.05) is 0 Å². The summed E-state index contributed by atoms with van der Waals surface area (Å²) in [5.74, 6) is 3.03. The van der Waals surface area contributed by atoms with E-state index in [1.54, 1.807) is 31.5 Å². The van der Waals surface area contributed by atoms with Crippen molar-refractivity contribution in [1.82, 2.24) is 25.4 Å². The molecule has 1 aromatic carbocycles. The molecule has 2 aromatic heterocycles. The number of nitrogens with one attached hydrogen (secondary N) is 2. The molecule has 8 nitrogen and oxygen atoms in total. The highest BCUT2D eigenvalue weighted by Crippen LogP contribution is 2.14. The van der Waals surface area contributed by atoms with Gasteiger partial charge in [-0.15, -0.1) is 24.0 Å². The van der Waals surface area contributed by atoms with Crippen LogP contribution in [0.25, 0.3) is 11.6 Å². The van der Waals surface area contributed by atoms with Crippen LogP contribution in [0.1, 0.15) is 5.82 Å². The number of hydrogen-bond donors (Lipinski definition) is 2. The van der Waals surface area contributed by atoms with E-state index in [2.05, 4.69) is 25.5 Å². The first-order valence-electron chi connectivity index (χ1n) is 8.91. The van der Waals surface area contributed by atoms with E-state index >= 15 is 0 Å². The highest BCUT2D eigenvalue weighted by atomic mass is 127. The lowest BCUT2D eigenvalue weighted by Crippen LogP contribution is -2.41. The number of ether oxygens (including phenoxy) is 1. The van der Waals surface area contributed by atoms with Crippen molar-refractivity contribution in [3.05, 3.63) is 54.3 Å². The smallest absolute Gasteiger partial charge is 0.216 e. The topological polar surface area (TPSA) is 91.6 Å². The summed E-state index contributed by atoms with van der Waals surface area (Å²) in [5, 5.41) is 10.3. The number of aromatic amines is 1. The molecule has 0 unspecified atom stereocenters. The zero-order valence-corrected chi connectivity index (χ0v) is 18.6. The van der Waals surface area contributed by atoms with Crippen molar-refractivity contribution in [1.29, 1.82) is 0 Å². The second kappa shape index (κ2) is 11.4. The first-order valence-corrected chi connectivity index (χ1v) is 8.91. The third-order valence-electron chi connectivity index (χ3n) is 4.00. The van der Waals surface area contributed by atoms with E-state index in [0.717, 1.165) is 11.8 Å². The molecule has 156 valence electrons. The van der Waals surface area contributed by atoms with E-state index in [4.69, 9.17) is 9.15 Å². The third kappa shape index (κ3) is 6.73. The molecule has 0 saturated carbocycles. The summed E-state index contributed by atoms with van der Waals surface area (Å²) in [4.78, 5) is 10.6. The molecule has 0 saturated heterocycles. The molecule has 0 atom stereocenters. The van der Waals surface area contributed by atoms with Crippen LogP contribution >= 0.6 is 24.0 Å². The van der Waals surface area contributed by atoms with Gasteiger partial charge in [0.25, 0.3) is 0 Å². The van der Waals surface area contributed by atoms with Gasteiger partial charge in [-0.3, -0.25) is 10.1 Å². The molecule has 0 bridgehead atoms. The Bertz CT molecular complexity index is 883. The number of furan rings is 1. The molecule has 10 heteroatoms. The maximum Gasteiger partial charge on any atom is 0.216 e. The fourth-order valence-corrected chi connectivity index (χ4v) is 2.54. The van der Waals surface area contributed by atoms with E-state index in [9.17, 15) is 4.39 Å². The Balaban J connectivity index is 0.00000300. The molecule has 0 radical (unpaired) electrons. The van der Waals surface area contributed by atoms with E-state index in [1.165, 1.54) is 12.1 Å². The van der Waals surface area contributed by atoms with Crippen molar-refractivity contribution in [3.8, 4) is 17.3 Å². The van der Waals surface area contributed by atoms with Gasteiger partial charge in [-0.05, 0) is 36.4 Å². The Morgan fingerprint density at radius 3 is 2.79 bits per heavy atom. The maximum atomic E-state index is 12.9. The normalized spacial score (nSPS) is 11.1. The molecular weight excluding hydrogens is 490 g/mol. The molecule has 2 heterocycles. The molecule has 3 rings (SSSR count). The fraction of sp³-hybridized carbons (Fsp3) is 0.316. The molecule has 3 aromatic rings. The van der Waals surface area contributed by atoms with E-state index in [-0.39, 0.29) is 29.8 Å². The minimum Gasteiger partial charge on any atom is -0.492 e. The van der Waals surface area contributed by atoms with E-state index in [1.807, 2.05) is 18.0 Å². The highest BCUT2D eigenvalue weighted by molar-refractivity contribution is 14.0. The van der Waals surface area contributed by atoms with Crippen molar-refractivity contribution in [2.24, 2.45) is 4.99 Å². The Labute approximate surface area is 185 Å². The zero-order chi connectivity index (χ0) is 19.8. The predicted molar refractivity (Wildman–Crippen MR) is 119 cm³/mol. The number of halogens is 2. The van der Waals surface area contributed by atoms with Crippen molar-refractivity contribution in [2.75, 3.05) is 33.8 Å². The summed E-state index contributed by atoms with van der Waals surface area (Å²) in [6, 6.07) is 9.58. The fourth-order valence-electron chi connectivity index (χ4n) is 2.54. The van der Waals surface area contributed by atoms with E-state index in [0.29, 0.717) is 43.5 Å². The SMILES string of the molecule is CN=C(NCCc1nc(-c2ccco2)n[nH]1)N(C)CCOc1ccc(F)cc1.I. The molecule has 0 amide bonds. The quantitative estimate of drug-likeness (QED) is 0.273. The molecule has 29 heavy (non-hydrogen) atoms. The van der Waals surface area contributed by atoms with Crippen LogP contribution in [-0.4, -0.2) is 59.8 Å². The van der Waals surface area contributed by atoms with Crippen LogP contribution in [0.3, 0.4) is 0 Å². The second-order valence-electron chi connectivity index (χ2n) is 6.03. The monoisotopic (exact) mass is 514 g/mol. The van der Waals surface area contributed by atoms with Gasteiger partial charge < -0.3 is 19.4 Å². The van der Waals surface area contributed by atoms with Crippen LogP contribution in [-0.2, 0) is 6.42 Å². The zero-order valence-electron chi connectivity index (χ0n) is 16.3. The molecule has 0 fully saturated rings. The first-order chi connectivity index (χ1) is 13.7. The number of likely N-dealkylation sites (N-methyl/N-ethyl adjacent to an activating group) is 1. The van der Waals surface area contributed by atoms with Crippen molar-refractivity contribution < 1.29 is 13.5 Å². The summed E-state index contributed by atoms with van der Waals surface area (Å²) in [6.45, 7) is 1.72. The number of benzene rings is 1. The average Bonchev–Trinajstić information content (AvgIpc) is 3.38. The number of aliphatic imine (C=N–C) groups is 1. The average molecular weight is 514 g/mol. The van der Waals surface area contributed by atoms with Gasteiger partial charge in [0.1, 0.15) is 24.0 Å². The van der Waals surface area contributed by atoms with Crippen molar-refractivity contribution in [3.63, 3.8) is 0 Å². The molecule has 0 spiro atoms. The Morgan fingerprint density at radius 1 is 1.31 bits per heavy atom. The third-order valence-corrected chi connectivity index (χ3v) is 4.00. The summed E-state index contributed by atoms with van der Waals surface area (Å²) < 4.78 is 23.8. The molecule has 0 aliphatic rings. The van der Waals surface area contributed by atoms with Crippen LogP contribution in [0, 0.1) is 5.82 Å². The second-order valence-corrected chi connectivity index (χ2v) is 6.03. The summed E-state index contributed by atoms with van der Waals surface area (Å²) in [5.41, 5.74) is 0. The number of nitrogens with zero attached hydrogens (tertiary/aromatic N) is 4. The Hall–Kier alpha value is -2.63. The minimum absolute atomic E-state index is 0. The number of guanidine groups is 1. The summed E-state index contributed by atoms with van der Waals surface area (Å²) in [6.07, 6.45) is 2.25. The van der Waals surface area contributed by atoms with Crippen LogP contribution in [0.4, 0.5) is 4.39 Å². The van der Waals surface area contributed by atoms with Crippen LogP contribution in [0.5, 0.6) is 5.75 Å². The highest BCUT2D eigenvalue weighted by Gasteiger charge is 2.09. The Morgan fingerprint density at radius 2 is 2.10 bits per heavy atom. The van der Waals surface area contributed by atoms with E-state index < -0.39 is 0 Å². The van der Waals surface area contributed by atoms with Gasteiger partial charge in [0.15, 0.2) is 11.7 Å². The van der Waals surface area contributed by atoms with Gasteiger partial charge in [0.2, 0.25) is 5.82 Å². The predicted octanol–water partition coefficient (Wildman–Crippen LogP) is 2.95. The number of aromatic nitrogens is 3. The van der Waals surface area contributed by atoms with Crippen molar-refractivity contribution in [2.45, 2.75) is 6.42 Å². The van der Waals surface area contributed by atoms with Gasteiger partial charge in [-0.2, -0.15) is 5.10 Å². The van der Waals surface area contributed by atoms with Gasteiger partial charge in [-0.25, -0.2) is 9.37 Å². The largest absolute Gasteiger partial charge is 0.492 e. The van der Waals surface area contributed by atoms with Crippen LogP contribution in [0.15, 0.2) is 52.1 Å². The minimum atomic E-state index is -0.280. The van der Waals surface area contributed by atoms with Gasteiger partial charge >= 0.3 is 0 Å². The standard InChI is InChI=1S/C19H23FN6O2.HI/c1-21-19(26(2)11-13-27-15-7-5-14(20)6-8-15)22-10-9-17-23-18(25-24-17)16-4-3-12-28-16;/h3-8,12H,9-11,13H2,1-2H3,(H,21,22)(H,23,24,25);1H. The van der Waals surface area contributed by atoms with Gasteiger partial charge in [0.05, 0.1) is 12.8 Å². The molecule has 0 aliphatic heterocycles. The lowest BCUT2D eigenvalue weighted by Gasteiger charge is -2.22. The molecular formula is C19H24FIN6O2. The lowest BCUT2D eigenvalue weighted by molar-refractivity contribution is 0.281.